The van der Waals surface area contributed by atoms with Crippen molar-refractivity contribution in [2.24, 2.45) is 9.98 Å². The van der Waals surface area contributed by atoms with Crippen molar-refractivity contribution < 1.29 is 9.47 Å². The third-order valence-electron chi connectivity index (χ3n) is 3.79. The van der Waals surface area contributed by atoms with Gasteiger partial charge < -0.3 is 9.47 Å². The molecule has 2 aromatic rings. The molecule has 4 heteroatoms. The molecule has 0 atom stereocenters. The number of rotatable bonds is 9. The van der Waals surface area contributed by atoms with Crippen LogP contribution in [0.3, 0.4) is 0 Å². The Kier molecular flexibility index (Phi) is 8.90. The van der Waals surface area contributed by atoms with E-state index in [0.717, 1.165) is 28.3 Å². The highest BCUT2D eigenvalue weighted by Gasteiger charge is 2.01. The van der Waals surface area contributed by atoms with Gasteiger partial charge in [0.05, 0.1) is 17.9 Å². The van der Waals surface area contributed by atoms with Gasteiger partial charge in [0.2, 0.25) is 0 Å². The predicted molar refractivity (Wildman–Crippen MR) is 124 cm³/mol. The molecule has 0 saturated heterocycles. The monoisotopic (exact) mass is 390 g/mol. The zero-order chi connectivity index (χ0) is 21.1. The van der Waals surface area contributed by atoms with E-state index in [2.05, 4.69) is 9.98 Å². The fourth-order valence-corrected chi connectivity index (χ4v) is 2.57. The van der Waals surface area contributed by atoms with Crippen LogP contribution in [0.2, 0.25) is 0 Å². The molecular weight excluding hydrogens is 360 g/mol. The van der Waals surface area contributed by atoms with Crippen molar-refractivity contribution in [1.29, 1.82) is 0 Å². The largest absolute Gasteiger partial charge is 0.491 e. The Balaban J connectivity index is 1.90. The Hall–Kier alpha value is -3.14. The summed E-state index contributed by atoms with van der Waals surface area (Å²) in [5.74, 6) is 1.73. The minimum atomic E-state index is 0.163. The quantitative estimate of drug-likeness (QED) is 0.495. The molecule has 0 aliphatic carbocycles. The molecule has 0 aliphatic rings. The minimum absolute atomic E-state index is 0.163. The smallest absolute Gasteiger partial charge is 0.119 e. The molecule has 0 aliphatic heterocycles. The number of nitrogens with zero attached hydrogens (tertiary/aromatic N) is 2. The first-order chi connectivity index (χ1) is 14.0. The molecule has 0 aromatic heterocycles. The van der Waals surface area contributed by atoms with Gasteiger partial charge in [-0.05, 0) is 93.4 Å². The molecule has 0 bridgehead atoms. The van der Waals surface area contributed by atoms with E-state index < -0.39 is 0 Å². The average molecular weight is 391 g/mol. The van der Waals surface area contributed by atoms with Gasteiger partial charge >= 0.3 is 0 Å². The van der Waals surface area contributed by atoms with Crippen LogP contribution < -0.4 is 9.47 Å². The van der Waals surface area contributed by atoms with Gasteiger partial charge in [0.25, 0.3) is 0 Å². The average Bonchev–Trinajstić information content (AvgIpc) is 2.69. The van der Waals surface area contributed by atoms with Crippen LogP contribution in [0, 0.1) is 0 Å². The lowest BCUT2D eigenvalue weighted by atomic mass is 10.1. The van der Waals surface area contributed by atoms with Gasteiger partial charge in [0.1, 0.15) is 11.5 Å². The molecule has 0 N–H and O–H groups in total. The van der Waals surface area contributed by atoms with E-state index in [1.807, 2.05) is 94.5 Å². The SMILES string of the molecule is CN=C(\C=C/C=N/C=C/c1ccc(OC(C)C)cc1)c1ccc(OC(C)C)cc1. The zero-order valence-corrected chi connectivity index (χ0v) is 17.9. The first-order valence-electron chi connectivity index (χ1n) is 9.85. The van der Waals surface area contributed by atoms with Crippen molar-refractivity contribution in [2.75, 3.05) is 7.05 Å². The number of ether oxygens (including phenoxy) is 2. The molecule has 0 unspecified atom stereocenters. The number of allylic oxidation sites excluding steroid dienone is 2. The number of benzene rings is 2. The van der Waals surface area contributed by atoms with E-state index in [1.54, 1.807) is 19.5 Å². The van der Waals surface area contributed by atoms with E-state index in [0.29, 0.717) is 0 Å². The lowest BCUT2D eigenvalue weighted by molar-refractivity contribution is 0.242. The van der Waals surface area contributed by atoms with Gasteiger partial charge in [-0.15, -0.1) is 0 Å². The van der Waals surface area contributed by atoms with E-state index in [1.165, 1.54) is 0 Å². The molecular formula is C25H30N2O2. The van der Waals surface area contributed by atoms with Gasteiger partial charge in [0, 0.05) is 19.5 Å². The summed E-state index contributed by atoms with van der Waals surface area (Å²) in [6.45, 7) is 8.06. The highest BCUT2D eigenvalue weighted by Crippen LogP contribution is 2.15. The molecule has 2 aromatic carbocycles. The van der Waals surface area contributed by atoms with Crippen molar-refractivity contribution in [3.8, 4) is 11.5 Å². The molecule has 0 fully saturated rings. The lowest BCUT2D eigenvalue weighted by Crippen LogP contribution is -2.05. The fourth-order valence-electron chi connectivity index (χ4n) is 2.57. The summed E-state index contributed by atoms with van der Waals surface area (Å²) in [5, 5.41) is 0. The second kappa shape index (κ2) is 11.6. The molecule has 0 heterocycles. The highest BCUT2D eigenvalue weighted by molar-refractivity contribution is 6.10. The summed E-state index contributed by atoms with van der Waals surface area (Å²) in [7, 11) is 1.78. The third kappa shape index (κ3) is 8.18. The van der Waals surface area contributed by atoms with Crippen LogP contribution in [-0.4, -0.2) is 31.2 Å². The standard InChI is InChI=1S/C25H30N2O2/c1-19(2)28-23-12-8-21(9-13-23)16-18-27-17-6-7-25(26-5)22-10-14-24(15-11-22)29-20(3)4/h6-20H,1-5H3/b7-6-,18-16+,26-25?,27-17+. The van der Waals surface area contributed by atoms with Crippen molar-refractivity contribution in [3.05, 3.63) is 78.0 Å². The highest BCUT2D eigenvalue weighted by atomic mass is 16.5. The summed E-state index contributed by atoms with van der Waals surface area (Å²) in [5.41, 5.74) is 2.99. The van der Waals surface area contributed by atoms with Crippen LogP contribution in [0.15, 0.2) is 76.9 Å². The zero-order valence-electron chi connectivity index (χ0n) is 17.9. The second-order valence-corrected chi connectivity index (χ2v) is 7.01. The molecule has 0 radical (unpaired) electrons. The molecule has 0 spiro atoms. The number of hydrogen-bond acceptors (Lipinski definition) is 4. The normalized spacial score (nSPS) is 12.7. The Labute approximate surface area is 174 Å². The van der Waals surface area contributed by atoms with Gasteiger partial charge in [-0.25, -0.2) is 0 Å². The number of aliphatic imine (C=N–C) groups is 2. The summed E-state index contributed by atoms with van der Waals surface area (Å²) < 4.78 is 11.3. The lowest BCUT2D eigenvalue weighted by Gasteiger charge is -2.10. The molecule has 29 heavy (non-hydrogen) atoms. The summed E-state index contributed by atoms with van der Waals surface area (Å²) in [6, 6.07) is 15.9. The van der Waals surface area contributed by atoms with Crippen LogP contribution >= 0.6 is 0 Å². The second-order valence-electron chi connectivity index (χ2n) is 7.01. The maximum atomic E-state index is 5.67. The Morgan fingerprint density at radius 3 is 1.90 bits per heavy atom. The molecule has 0 amide bonds. The van der Waals surface area contributed by atoms with Crippen LogP contribution in [0.4, 0.5) is 0 Å². The topological polar surface area (TPSA) is 43.2 Å². The van der Waals surface area contributed by atoms with E-state index in [-0.39, 0.29) is 12.2 Å². The first-order valence-corrected chi connectivity index (χ1v) is 9.85. The van der Waals surface area contributed by atoms with Crippen LogP contribution in [0.25, 0.3) is 6.08 Å². The maximum Gasteiger partial charge on any atom is 0.119 e. The summed E-state index contributed by atoms with van der Waals surface area (Å²) in [6.07, 6.45) is 9.62. The third-order valence-corrected chi connectivity index (χ3v) is 3.79. The van der Waals surface area contributed by atoms with Crippen molar-refractivity contribution in [3.63, 3.8) is 0 Å². The van der Waals surface area contributed by atoms with Crippen LogP contribution in [-0.2, 0) is 0 Å². The van der Waals surface area contributed by atoms with E-state index >= 15 is 0 Å². The Bertz CT molecular complexity index is 859. The van der Waals surface area contributed by atoms with E-state index in [4.69, 9.17) is 9.47 Å². The Morgan fingerprint density at radius 1 is 0.828 bits per heavy atom. The Morgan fingerprint density at radius 2 is 1.38 bits per heavy atom. The van der Waals surface area contributed by atoms with Gasteiger partial charge in [-0.3, -0.25) is 9.98 Å². The molecule has 0 saturated carbocycles. The first kappa shape index (κ1) is 22.2. The molecule has 4 nitrogen and oxygen atoms in total. The molecule has 2 rings (SSSR count). The van der Waals surface area contributed by atoms with E-state index in [9.17, 15) is 0 Å². The fraction of sp³-hybridized carbons (Fsp3) is 0.280. The van der Waals surface area contributed by atoms with Crippen LogP contribution in [0.1, 0.15) is 38.8 Å². The van der Waals surface area contributed by atoms with Crippen molar-refractivity contribution in [1.82, 2.24) is 0 Å². The number of hydrogen-bond donors (Lipinski definition) is 0. The maximum absolute atomic E-state index is 5.67. The van der Waals surface area contributed by atoms with Gasteiger partial charge in [0.15, 0.2) is 0 Å². The van der Waals surface area contributed by atoms with Gasteiger partial charge in [-0.2, -0.15) is 0 Å². The van der Waals surface area contributed by atoms with Gasteiger partial charge in [-0.1, -0.05) is 12.1 Å². The summed E-state index contributed by atoms with van der Waals surface area (Å²) >= 11 is 0. The van der Waals surface area contributed by atoms with Crippen LogP contribution in [0.5, 0.6) is 11.5 Å². The predicted octanol–water partition coefficient (Wildman–Crippen LogP) is 5.98. The molecule has 152 valence electrons. The van der Waals surface area contributed by atoms with Crippen molar-refractivity contribution in [2.45, 2.75) is 39.9 Å². The minimum Gasteiger partial charge on any atom is -0.491 e. The van der Waals surface area contributed by atoms with Crippen molar-refractivity contribution >= 4 is 18.0 Å². The summed E-state index contributed by atoms with van der Waals surface area (Å²) in [4.78, 5) is 8.63.